The maximum atomic E-state index is 11.3. The fraction of sp³-hybridized carbons (Fsp3) is 0.500. The third-order valence-electron chi connectivity index (χ3n) is 4.01. The van der Waals surface area contributed by atoms with Gasteiger partial charge < -0.3 is 29.0 Å². The number of amides is 1. The summed E-state index contributed by atoms with van der Waals surface area (Å²) in [6.07, 6.45) is -2.89. The van der Waals surface area contributed by atoms with Crippen LogP contribution < -0.4 is 10.1 Å². The van der Waals surface area contributed by atoms with Crippen molar-refractivity contribution in [2.24, 2.45) is 0 Å². The van der Waals surface area contributed by atoms with Crippen LogP contribution in [-0.4, -0.2) is 55.2 Å². The zero-order valence-corrected chi connectivity index (χ0v) is 15.2. The van der Waals surface area contributed by atoms with Gasteiger partial charge in [0.05, 0.1) is 0 Å². The van der Waals surface area contributed by atoms with Gasteiger partial charge in [0, 0.05) is 26.5 Å². The number of epoxide rings is 1. The van der Waals surface area contributed by atoms with E-state index in [0.29, 0.717) is 11.4 Å². The summed E-state index contributed by atoms with van der Waals surface area (Å²) in [5.74, 6) is -0.595. The van der Waals surface area contributed by atoms with E-state index in [0.717, 1.165) is 0 Å². The van der Waals surface area contributed by atoms with E-state index < -0.39 is 36.5 Å². The van der Waals surface area contributed by atoms with Crippen molar-refractivity contribution in [2.45, 2.75) is 51.5 Å². The first-order chi connectivity index (χ1) is 12.8. The number of hydrogen-bond acceptors (Lipinski definition) is 8. The number of carbonyl (C=O) groups is 3. The zero-order valence-electron chi connectivity index (χ0n) is 15.2. The van der Waals surface area contributed by atoms with Gasteiger partial charge in [-0.1, -0.05) is 0 Å². The van der Waals surface area contributed by atoms with E-state index in [1.54, 1.807) is 24.3 Å². The van der Waals surface area contributed by atoms with Crippen LogP contribution in [0, 0.1) is 0 Å². The SMILES string of the molecule is CC(=O)Nc1ccc(O[C@H]2O[C@H](COC(C)=O)[C@H](OC(C)=O)[C@@H]3OC23)cc1. The Morgan fingerprint density at radius 3 is 2.30 bits per heavy atom. The Kier molecular flexibility index (Phi) is 5.62. The minimum atomic E-state index is -0.742. The molecule has 2 aliphatic heterocycles. The van der Waals surface area contributed by atoms with Crippen LogP contribution in [0.2, 0.25) is 0 Å². The molecule has 1 amide bonds. The molecule has 2 aliphatic rings. The number of hydrogen-bond donors (Lipinski definition) is 1. The molecule has 27 heavy (non-hydrogen) atoms. The molecule has 0 spiro atoms. The van der Waals surface area contributed by atoms with E-state index >= 15 is 0 Å². The quantitative estimate of drug-likeness (QED) is 0.576. The van der Waals surface area contributed by atoms with Gasteiger partial charge >= 0.3 is 11.9 Å². The zero-order chi connectivity index (χ0) is 19.6. The van der Waals surface area contributed by atoms with Crippen molar-refractivity contribution < 1.29 is 38.1 Å². The van der Waals surface area contributed by atoms with Crippen LogP contribution in [0.25, 0.3) is 0 Å². The molecule has 1 aromatic carbocycles. The second-order valence-electron chi connectivity index (χ2n) is 6.31. The summed E-state index contributed by atoms with van der Waals surface area (Å²) in [5.41, 5.74) is 0.641. The Hall–Kier alpha value is -2.65. The van der Waals surface area contributed by atoms with Gasteiger partial charge in [-0.05, 0) is 24.3 Å². The molecule has 0 bridgehead atoms. The average molecular weight is 379 g/mol. The second kappa shape index (κ2) is 7.93. The number of ether oxygens (including phenoxy) is 5. The first-order valence-corrected chi connectivity index (χ1v) is 8.49. The number of fused-ring (bicyclic) bond motifs is 1. The van der Waals surface area contributed by atoms with Crippen LogP contribution in [0.3, 0.4) is 0 Å². The molecule has 2 saturated heterocycles. The van der Waals surface area contributed by atoms with Crippen LogP contribution in [0.1, 0.15) is 20.8 Å². The van der Waals surface area contributed by atoms with E-state index in [1.165, 1.54) is 20.8 Å². The fourth-order valence-electron chi connectivity index (χ4n) is 2.88. The van der Waals surface area contributed by atoms with Crippen molar-refractivity contribution in [1.29, 1.82) is 0 Å². The lowest BCUT2D eigenvalue weighted by Crippen LogP contribution is -2.51. The maximum Gasteiger partial charge on any atom is 0.303 e. The average Bonchev–Trinajstić information content (AvgIpc) is 3.37. The summed E-state index contributed by atoms with van der Waals surface area (Å²) in [5, 5.41) is 2.66. The van der Waals surface area contributed by atoms with Gasteiger partial charge in [-0.15, -0.1) is 0 Å². The van der Waals surface area contributed by atoms with E-state index in [2.05, 4.69) is 5.32 Å². The van der Waals surface area contributed by atoms with Crippen LogP contribution in [0.5, 0.6) is 5.75 Å². The number of esters is 2. The molecule has 146 valence electrons. The van der Waals surface area contributed by atoms with Crippen molar-refractivity contribution in [3.05, 3.63) is 24.3 Å². The van der Waals surface area contributed by atoms with Crippen LogP contribution in [0.4, 0.5) is 5.69 Å². The fourth-order valence-corrected chi connectivity index (χ4v) is 2.88. The lowest BCUT2D eigenvalue weighted by Gasteiger charge is -2.32. The minimum absolute atomic E-state index is 0.0822. The van der Waals surface area contributed by atoms with Gasteiger partial charge in [0.25, 0.3) is 0 Å². The van der Waals surface area contributed by atoms with Gasteiger partial charge in [0.1, 0.15) is 24.6 Å². The molecule has 0 aromatic heterocycles. The van der Waals surface area contributed by atoms with Gasteiger partial charge in [-0.3, -0.25) is 14.4 Å². The molecule has 3 rings (SSSR count). The Morgan fingerprint density at radius 1 is 1.00 bits per heavy atom. The lowest BCUT2D eigenvalue weighted by atomic mass is 10.0. The summed E-state index contributed by atoms with van der Waals surface area (Å²) in [6, 6.07) is 6.77. The lowest BCUT2D eigenvalue weighted by molar-refractivity contribution is -0.202. The molecule has 0 saturated carbocycles. The highest BCUT2D eigenvalue weighted by atomic mass is 16.8. The smallest absolute Gasteiger partial charge is 0.303 e. The molecular weight excluding hydrogens is 358 g/mol. The molecule has 9 heteroatoms. The van der Waals surface area contributed by atoms with Crippen molar-refractivity contribution in [1.82, 2.24) is 0 Å². The molecule has 2 fully saturated rings. The molecular formula is C18H21NO8. The molecule has 1 N–H and O–H groups in total. The van der Waals surface area contributed by atoms with Gasteiger partial charge in [0.2, 0.25) is 12.2 Å². The number of rotatable bonds is 6. The van der Waals surface area contributed by atoms with E-state index in [4.69, 9.17) is 23.7 Å². The second-order valence-corrected chi connectivity index (χ2v) is 6.31. The molecule has 1 aromatic rings. The van der Waals surface area contributed by atoms with Gasteiger partial charge in [-0.25, -0.2) is 0 Å². The molecule has 9 nitrogen and oxygen atoms in total. The first kappa shape index (κ1) is 19.1. The topological polar surface area (TPSA) is 113 Å². The summed E-state index contributed by atoms with van der Waals surface area (Å²) >= 11 is 0. The van der Waals surface area contributed by atoms with Crippen LogP contribution in [0.15, 0.2) is 24.3 Å². The molecule has 0 aliphatic carbocycles. The van der Waals surface area contributed by atoms with Crippen molar-refractivity contribution in [3.8, 4) is 5.75 Å². The normalized spacial score (nSPS) is 28.5. The molecule has 5 atom stereocenters. The maximum absolute atomic E-state index is 11.3. The monoisotopic (exact) mass is 379 g/mol. The van der Waals surface area contributed by atoms with Gasteiger partial charge in [-0.2, -0.15) is 0 Å². The Morgan fingerprint density at radius 2 is 1.70 bits per heavy atom. The molecule has 0 radical (unpaired) electrons. The van der Waals surface area contributed by atoms with E-state index in [-0.39, 0.29) is 18.6 Å². The standard InChI is InChI=1S/C18H21NO8/c1-9(20)19-12-4-6-13(7-5-12)25-18-17-16(27-17)15(24-11(3)22)14(26-18)8-23-10(2)21/h4-7,14-18H,8H2,1-3H3,(H,19,20)/t14-,15+,16+,17?,18+/m1/s1. The van der Waals surface area contributed by atoms with Crippen LogP contribution >= 0.6 is 0 Å². The highest BCUT2D eigenvalue weighted by Crippen LogP contribution is 2.40. The third-order valence-corrected chi connectivity index (χ3v) is 4.01. The van der Waals surface area contributed by atoms with Crippen molar-refractivity contribution >= 4 is 23.5 Å². The highest BCUT2D eigenvalue weighted by Gasteiger charge is 2.61. The van der Waals surface area contributed by atoms with Gasteiger partial charge in [0.15, 0.2) is 12.2 Å². The summed E-state index contributed by atoms with van der Waals surface area (Å²) in [4.78, 5) is 33.5. The summed E-state index contributed by atoms with van der Waals surface area (Å²) in [7, 11) is 0. The number of benzene rings is 1. The Labute approximate surface area is 155 Å². The molecule has 2 heterocycles. The van der Waals surface area contributed by atoms with E-state index in [9.17, 15) is 14.4 Å². The number of anilines is 1. The Balaban J connectivity index is 1.65. The van der Waals surface area contributed by atoms with E-state index in [1.807, 2.05) is 0 Å². The van der Waals surface area contributed by atoms with Crippen molar-refractivity contribution in [2.75, 3.05) is 11.9 Å². The number of carbonyl (C=O) groups excluding carboxylic acids is 3. The minimum Gasteiger partial charge on any atom is -0.463 e. The van der Waals surface area contributed by atoms with Crippen molar-refractivity contribution in [3.63, 3.8) is 0 Å². The Bertz CT molecular complexity index is 719. The number of nitrogens with one attached hydrogen (secondary N) is 1. The summed E-state index contributed by atoms with van der Waals surface area (Å²) in [6.45, 7) is 3.92. The first-order valence-electron chi connectivity index (χ1n) is 8.49. The third kappa shape index (κ3) is 4.95. The van der Waals surface area contributed by atoms with Crippen LogP contribution in [-0.2, 0) is 33.3 Å². The highest BCUT2D eigenvalue weighted by molar-refractivity contribution is 5.88. The summed E-state index contributed by atoms with van der Waals surface area (Å²) < 4.78 is 27.5. The molecule has 1 unspecified atom stereocenters. The predicted octanol–water partition coefficient (Wildman–Crippen LogP) is 1.01. The largest absolute Gasteiger partial charge is 0.463 e. The predicted molar refractivity (Wildman–Crippen MR) is 90.9 cm³/mol.